The lowest BCUT2D eigenvalue weighted by Gasteiger charge is -2.10. The van der Waals surface area contributed by atoms with Gasteiger partial charge in [-0.1, -0.05) is 0 Å². The van der Waals surface area contributed by atoms with Crippen LogP contribution < -0.4 is 10.4 Å². The Hall–Kier alpha value is -2.02. The Morgan fingerprint density at radius 3 is 2.60 bits per heavy atom. The maximum Gasteiger partial charge on any atom is 0.417 e. The van der Waals surface area contributed by atoms with Crippen molar-refractivity contribution in [3.8, 4) is 5.75 Å². The Bertz CT molecular complexity index is 661. The van der Waals surface area contributed by atoms with E-state index in [1.165, 1.54) is 25.3 Å². The summed E-state index contributed by atoms with van der Waals surface area (Å²) < 4.78 is 53.3. The summed E-state index contributed by atoms with van der Waals surface area (Å²) in [5.74, 6) is 0.303. The Labute approximate surface area is 111 Å². The zero-order valence-electron chi connectivity index (χ0n) is 10.5. The fourth-order valence-electron chi connectivity index (χ4n) is 1.71. The van der Waals surface area contributed by atoms with Crippen LogP contribution in [0.4, 0.5) is 13.2 Å². The molecule has 0 aliphatic rings. The van der Waals surface area contributed by atoms with Gasteiger partial charge in [0.25, 0.3) is 0 Å². The number of hydrogen-bond acceptors (Lipinski definition) is 4. The molecule has 7 heteroatoms. The highest BCUT2D eigenvalue weighted by Crippen LogP contribution is 2.34. The molecule has 1 aromatic heterocycles. The van der Waals surface area contributed by atoms with E-state index in [-0.39, 0.29) is 17.6 Å². The van der Waals surface area contributed by atoms with Crippen molar-refractivity contribution in [3.63, 3.8) is 0 Å². The van der Waals surface area contributed by atoms with Gasteiger partial charge in [0, 0.05) is 24.6 Å². The molecule has 0 spiro atoms. The zero-order chi connectivity index (χ0) is 14.8. The van der Waals surface area contributed by atoms with E-state index in [1.807, 2.05) is 0 Å². The topological polar surface area (TPSA) is 48.7 Å². The van der Waals surface area contributed by atoms with Crippen molar-refractivity contribution in [1.29, 1.82) is 0 Å². The molecule has 1 aromatic carbocycles. The maximum absolute atomic E-state index is 12.8. The number of halogens is 3. The Morgan fingerprint density at radius 2 is 1.95 bits per heavy atom. The van der Waals surface area contributed by atoms with Crippen molar-refractivity contribution in [1.82, 2.24) is 0 Å². The molecule has 0 N–H and O–H groups in total. The predicted octanol–water partition coefficient (Wildman–Crippen LogP) is 2.84. The van der Waals surface area contributed by atoms with E-state index in [4.69, 9.17) is 13.9 Å². The number of ether oxygens (including phenoxy) is 2. The average molecular weight is 288 g/mol. The number of benzene rings is 1. The fraction of sp³-hybridized carbons (Fsp3) is 0.308. The lowest BCUT2D eigenvalue weighted by atomic mass is 10.1. The molecule has 0 aliphatic heterocycles. The normalized spacial score (nSPS) is 11.8. The highest BCUT2D eigenvalue weighted by atomic mass is 19.4. The number of fused-ring (bicyclic) bond motifs is 1. The minimum absolute atomic E-state index is 0.167. The first-order valence-corrected chi connectivity index (χ1v) is 5.68. The third kappa shape index (κ3) is 3.11. The second-order valence-corrected chi connectivity index (χ2v) is 3.98. The predicted molar refractivity (Wildman–Crippen MR) is 64.9 cm³/mol. The molecule has 0 fully saturated rings. The molecule has 0 aliphatic carbocycles. The molecule has 0 saturated carbocycles. The highest BCUT2D eigenvalue weighted by molar-refractivity contribution is 5.82. The van der Waals surface area contributed by atoms with Crippen LogP contribution in [0.1, 0.15) is 5.56 Å². The average Bonchev–Trinajstić information content (AvgIpc) is 2.36. The van der Waals surface area contributed by atoms with Gasteiger partial charge in [0.15, 0.2) is 0 Å². The molecule has 2 rings (SSSR count). The van der Waals surface area contributed by atoms with Gasteiger partial charge in [0.2, 0.25) is 0 Å². The molecule has 0 radical (unpaired) electrons. The molecule has 0 bridgehead atoms. The number of rotatable bonds is 4. The molecule has 0 saturated heterocycles. The quantitative estimate of drug-likeness (QED) is 0.641. The van der Waals surface area contributed by atoms with Crippen molar-refractivity contribution in [2.24, 2.45) is 0 Å². The van der Waals surface area contributed by atoms with E-state index in [0.29, 0.717) is 18.4 Å². The monoisotopic (exact) mass is 288 g/mol. The number of methoxy groups -OCH3 is 1. The van der Waals surface area contributed by atoms with Crippen LogP contribution in [0.2, 0.25) is 0 Å². The van der Waals surface area contributed by atoms with Gasteiger partial charge in [-0.25, -0.2) is 4.79 Å². The smallest absolute Gasteiger partial charge is 0.417 e. The van der Waals surface area contributed by atoms with Crippen molar-refractivity contribution < 1.29 is 27.1 Å². The second-order valence-electron chi connectivity index (χ2n) is 3.98. The van der Waals surface area contributed by atoms with Crippen LogP contribution >= 0.6 is 0 Å². The Balaban J connectivity index is 2.46. The van der Waals surface area contributed by atoms with Gasteiger partial charge >= 0.3 is 11.8 Å². The fourth-order valence-corrected chi connectivity index (χ4v) is 1.71. The van der Waals surface area contributed by atoms with Gasteiger partial charge in [-0.3, -0.25) is 0 Å². The molecule has 20 heavy (non-hydrogen) atoms. The molecule has 1 heterocycles. The summed E-state index contributed by atoms with van der Waals surface area (Å²) in [6, 6.07) is 4.28. The summed E-state index contributed by atoms with van der Waals surface area (Å²) in [6.07, 6.45) is -4.62. The molecule has 108 valence electrons. The van der Waals surface area contributed by atoms with Crippen LogP contribution in [-0.4, -0.2) is 20.3 Å². The molecular weight excluding hydrogens is 277 g/mol. The standard InChI is InChI=1S/C13H11F3O4/c1-18-4-5-19-8-2-3-9-10(13(14,15)16)7-12(17)20-11(9)6-8/h2-3,6-7H,4-5H2,1H3. The van der Waals surface area contributed by atoms with Crippen LogP contribution in [-0.2, 0) is 10.9 Å². The summed E-state index contributed by atoms with van der Waals surface area (Å²) in [5, 5.41) is -0.184. The van der Waals surface area contributed by atoms with E-state index in [9.17, 15) is 18.0 Å². The maximum atomic E-state index is 12.8. The first-order chi connectivity index (χ1) is 9.41. The first-order valence-electron chi connectivity index (χ1n) is 5.68. The second kappa shape index (κ2) is 5.54. The van der Waals surface area contributed by atoms with Crippen LogP contribution in [0, 0.1) is 0 Å². The first kappa shape index (κ1) is 14.4. The van der Waals surface area contributed by atoms with Gasteiger partial charge in [0.1, 0.15) is 17.9 Å². The lowest BCUT2D eigenvalue weighted by molar-refractivity contribution is -0.136. The molecular formula is C13H11F3O4. The number of hydrogen-bond donors (Lipinski definition) is 0. The van der Waals surface area contributed by atoms with Crippen LogP contribution in [0.15, 0.2) is 33.5 Å². The van der Waals surface area contributed by atoms with E-state index in [2.05, 4.69) is 0 Å². The Morgan fingerprint density at radius 1 is 1.20 bits per heavy atom. The lowest BCUT2D eigenvalue weighted by Crippen LogP contribution is -2.11. The molecule has 4 nitrogen and oxygen atoms in total. The minimum atomic E-state index is -4.62. The highest BCUT2D eigenvalue weighted by Gasteiger charge is 2.33. The summed E-state index contributed by atoms with van der Waals surface area (Å²) in [5.41, 5.74) is -2.24. The van der Waals surface area contributed by atoms with Crippen molar-refractivity contribution in [3.05, 3.63) is 40.2 Å². The van der Waals surface area contributed by atoms with Crippen LogP contribution in [0.3, 0.4) is 0 Å². The number of alkyl halides is 3. The van der Waals surface area contributed by atoms with E-state index in [0.717, 1.165) is 0 Å². The molecule has 0 amide bonds. The van der Waals surface area contributed by atoms with Crippen LogP contribution in [0.25, 0.3) is 11.0 Å². The molecule has 2 aromatic rings. The summed E-state index contributed by atoms with van der Waals surface area (Å²) >= 11 is 0. The van der Waals surface area contributed by atoms with E-state index < -0.39 is 17.4 Å². The Kier molecular flexibility index (Phi) is 3.99. The minimum Gasteiger partial charge on any atom is -0.491 e. The summed E-state index contributed by atoms with van der Waals surface area (Å²) in [4.78, 5) is 11.2. The third-order valence-electron chi connectivity index (χ3n) is 2.58. The third-order valence-corrected chi connectivity index (χ3v) is 2.58. The molecule has 0 atom stereocenters. The molecule has 0 unspecified atom stereocenters. The summed E-state index contributed by atoms with van der Waals surface area (Å²) in [7, 11) is 1.50. The van der Waals surface area contributed by atoms with Gasteiger partial charge in [-0.2, -0.15) is 13.2 Å². The van der Waals surface area contributed by atoms with Gasteiger partial charge < -0.3 is 13.9 Å². The van der Waals surface area contributed by atoms with Gasteiger partial charge in [0.05, 0.1) is 12.2 Å². The van der Waals surface area contributed by atoms with Crippen molar-refractivity contribution >= 4 is 11.0 Å². The van der Waals surface area contributed by atoms with Gasteiger partial charge in [-0.15, -0.1) is 0 Å². The van der Waals surface area contributed by atoms with E-state index >= 15 is 0 Å². The van der Waals surface area contributed by atoms with Crippen molar-refractivity contribution in [2.45, 2.75) is 6.18 Å². The summed E-state index contributed by atoms with van der Waals surface area (Å²) in [6.45, 7) is 0.579. The largest absolute Gasteiger partial charge is 0.491 e. The van der Waals surface area contributed by atoms with Gasteiger partial charge in [-0.05, 0) is 12.1 Å². The van der Waals surface area contributed by atoms with E-state index in [1.54, 1.807) is 0 Å². The van der Waals surface area contributed by atoms with Crippen LogP contribution in [0.5, 0.6) is 5.75 Å². The zero-order valence-corrected chi connectivity index (χ0v) is 10.5. The SMILES string of the molecule is COCCOc1ccc2c(C(F)(F)F)cc(=O)oc2c1. The van der Waals surface area contributed by atoms with Crippen molar-refractivity contribution in [2.75, 3.05) is 20.3 Å².